The number of benzene rings is 4. The SMILES string of the molecule is O=C(COc1ccccc1P(=O)(Oc1ccccc1)Oc1ccccc1)NCC(F)(F)c1ccccc1. The number of ether oxygens (including phenoxy) is 1. The van der Waals surface area contributed by atoms with E-state index in [0.717, 1.165) is 0 Å². The molecular formula is C28H24F2NO5P. The maximum atomic E-state index is 14.4. The van der Waals surface area contributed by atoms with Crippen molar-refractivity contribution in [2.75, 3.05) is 13.2 Å². The summed E-state index contributed by atoms with van der Waals surface area (Å²) in [4.78, 5) is 12.3. The summed E-state index contributed by atoms with van der Waals surface area (Å²) in [6, 6.07) is 30.4. The predicted molar refractivity (Wildman–Crippen MR) is 137 cm³/mol. The molecule has 190 valence electrons. The van der Waals surface area contributed by atoms with Crippen molar-refractivity contribution >= 4 is 18.8 Å². The molecular weight excluding hydrogens is 499 g/mol. The molecule has 1 amide bonds. The van der Waals surface area contributed by atoms with E-state index in [1.165, 1.54) is 36.4 Å². The topological polar surface area (TPSA) is 73.9 Å². The molecule has 9 heteroatoms. The first-order valence-electron chi connectivity index (χ1n) is 11.4. The first kappa shape index (κ1) is 25.9. The van der Waals surface area contributed by atoms with Crippen LogP contribution < -0.4 is 24.4 Å². The zero-order chi connectivity index (χ0) is 26.1. The minimum atomic E-state index is -4.07. The smallest absolute Gasteiger partial charge is 0.466 e. The van der Waals surface area contributed by atoms with Gasteiger partial charge in [0.1, 0.15) is 22.6 Å². The molecule has 0 saturated carbocycles. The highest BCUT2D eigenvalue weighted by Gasteiger charge is 2.35. The Kier molecular flexibility index (Phi) is 8.21. The molecule has 0 aliphatic carbocycles. The Labute approximate surface area is 213 Å². The van der Waals surface area contributed by atoms with Gasteiger partial charge in [0, 0.05) is 5.56 Å². The van der Waals surface area contributed by atoms with Crippen LogP contribution in [-0.4, -0.2) is 19.1 Å². The number of hydrogen-bond acceptors (Lipinski definition) is 5. The molecule has 0 aromatic heterocycles. The minimum Gasteiger partial charge on any atom is -0.483 e. The van der Waals surface area contributed by atoms with Crippen LogP contribution in [0.1, 0.15) is 5.56 Å². The van der Waals surface area contributed by atoms with Crippen LogP contribution in [0.15, 0.2) is 115 Å². The molecule has 37 heavy (non-hydrogen) atoms. The molecule has 0 bridgehead atoms. The number of halogens is 2. The van der Waals surface area contributed by atoms with E-state index < -0.39 is 32.6 Å². The quantitative estimate of drug-likeness (QED) is 0.246. The number of nitrogens with one attached hydrogen (secondary N) is 1. The maximum absolute atomic E-state index is 14.4. The molecule has 1 N–H and O–H groups in total. The Balaban J connectivity index is 1.50. The minimum absolute atomic E-state index is 0.0580. The summed E-state index contributed by atoms with van der Waals surface area (Å²) < 4.78 is 60.2. The van der Waals surface area contributed by atoms with E-state index in [1.54, 1.807) is 78.9 Å². The molecule has 0 spiro atoms. The van der Waals surface area contributed by atoms with Crippen LogP contribution in [0.5, 0.6) is 17.2 Å². The number of rotatable bonds is 11. The van der Waals surface area contributed by atoms with Gasteiger partial charge in [-0.15, -0.1) is 0 Å². The van der Waals surface area contributed by atoms with E-state index in [1.807, 2.05) is 0 Å². The van der Waals surface area contributed by atoms with Gasteiger partial charge < -0.3 is 19.1 Å². The molecule has 0 aliphatic rings. The van der Waals surface area contributed by atoms with Gasteiger partial charge in [0.25, 0.3) is 11.8 Å². The largest absolute Gasteiger partial charge is 0.483 e. The van der Waals surface area contributed by atoms with Gasteiger partial charge >= 0.3 is 7.60 Å². The fourth-order valence-electron chi connectivity index (χ4n) is 3.35. The van der Waals surface area contributed by atoms with Crippen molar-refractivity contribution < 1.29 is 31.9 Å². The van der Waals surface area contributed by atoms with Gasteiger partial charge in [0.05, 0.1) is 6.54 Å². The number of hydrogen-bond donors (Lipinski definition) is 1. The average Bonchev–Trinajstić information content (AvgIpc) is 2.92. The summed E-state index contributed by atoms with van der Waals surface area (Å²) in [6.07, 6.45) is 0. The van der Waals surface area contributed by atoms with Gasteiger partial charge in [0.2, 0.25) is 0 Å². The monoisotopic (exact) mass is 523 g/mol. The Morgan fingerprint density at radius 2 is 1.22 bits per heavy atom. The summed E-state index contributed by atoms with van der Waals surface area (Å²) in [5, 5.41) is 2.26. The van der Waals surface area contributed by atoms with E-state index >= 15 is 0 Å². The lowest BCUT2D eigenvalue weighted by Crippen LogP contribution is -2.37. The normalized spacial score (nSPS) is 11.4. The molecule has 4 aromatic carbocycles. The molecule has 6 nitrogen and oxygen atoms in total. The lowest BCUT2D eigenvalue weighted by molar-refractivity contribution is -0.125. The van der Waals surface area contributed by atoms with E-state index in [9.17, 15) is 18.1 Å². The first-order chi connectivity index (χ1) is 17.9. The summed E-state index contributed by atoms with van der Waals surface area (Å²) in [5.41, 5.74) is -0.210. The lowest BCUT2D eigenvalue weighted by Gasteiger charge is -2.22. The molecule has 0 fully saturated rings. The van der Waals surface area contributed by atoms with Crippen LogP contribution >= 0.6 is 7.60 Å². The number of para-hydroxylation sites is 3. The van der Waals surface area contributed by atoms with Gasteiger partial charge in [-0.3, -0.25) is 4.79 Å². The van der Waals surface area contributed by atoms with Crippen LogP contribution in [-0.2, 0) is 15.3 Å². The summed E-state index contributed by atoms with van der Waals surface area (Å²) in [7, 11) is -4.07. The second-order valence-corrected chi connectivity index (χ2v) is 9.75. The van der Waals surface area contributed by atoms with E-state index in [4.69, 9.17) is 13.8 Å². The maximum Gasteiger partial charge on any atom is 0.466 e. The van der Waals surface area contributed by atoms with Crippen molar-refractivity contribution in [1.29, 1.82) is 0 Å². The van der Waals surface area contributed by atoms with Crippen LogP contribution in [0.25, 0.3) is 0 Å². The van der Waals surface area contributed by atoms with Crippen LogP contribution in [0.4, 0.5) is 8.78 Å². The van der Waals surface area contributed by atoms with Crippen molar-refractivity contribution in [3.63, 3.8) is 0 Å². The van der Waals surface area contributed by atoms with Crippen molar-refractivity contribution in [2.45, 2.75) is 5.92 Å². The molecule has 0 saturated heterocycles. The third-order valence-electron chi connectivity index (χ3n) is 5.16. The summed E-state index contributed by atoms with van der Waals surface area (Å²) in [5.74, 6) is -3.36. The molecule has 0 atom stereocenters. The summed E-state index contributed by atoms with van der Waals surface area (Å²) >= 11 is 0. The Hall–Kier alpha value is -4.16. The fraction of sp³-hybridized carbons (Fsp3) is 0.107. The zero-order valence-corrected chi connectivity index (χ0v) is 20.5. The van der Waals surface area contributed by atoms with Gasteiger partial charge in [0.15, 0.2) is 6.61 Å². The standard InChI is InChI=1S/C28H24F2NO5P/c29-28(30,22-12-4-1-5-13-22)21-31-27(32)20-34-25-18-10-11-19-26(25)37(33,35-23-14-6-2-7-15-23)36-24-16-8-3-9-17-24/h1-19H,20-21H2,(H,31,32). The molecule has 4 aromatic rings. The van der Waals surface area contributed by atoms with Crippen LogP contribution in [0.3, 0.4) is 0 Å². The lowest BCUT2D eigenvalue weighted by atomic mass is 10.1. The predicted octanol–water partition coefficient (Wildman–Crippen LogP) is 5.95. The Morgan fingerprint density at radius 3 is 1.78 bits per heavy atom. The molecule has 4 rings (SSSR count). The fourth-order valence-corrected chi connectivity index (χ4v) is 5.06. The highest BCUT2D eigenvalue weighted by molar-refractivity contribution is 7.63. The highest BCUT2D eigenvalue weighted by Crippen LogP contribution is 2.49. The zero-order valence-electron chi connectivity index (χ0n) is 19.6. The van der Waals surface area contributed by atoms with Crippen molar-refractivity contribution in [2.24, 2.45) is 0 Å². The van der Waals surface area contributed by atoms with Gasteiger partial charge in [-0.05, 0) is 36.4 Å². The second kappa shape index (κ2) is 11.7. The Morgan fingerprint density at radius 1 is 0.730 bits per heavy atom. The number of alkyl halides is 2. The average molecular weight is 523 g/mol. The Bertz CT molecular complexity index is 1310. The highest BCUT2D eigenvalue weighted by atomic mass is 31.2. The summed E-state index contributed by atoms with van der Waals surface area (Å²) in [6.45, 7) is -1.48. The van der Waals surface area contributed by atoms with Crippen molar-refractivity contribution in [3.05, 3.63) is 121 Å². The third kappa shape index (κ3) is 6.96. The number of carbonyl (C=O) groups excluding carboxylic acids is 1. The van der Waals surface area contributed by atoms with Crippen LogP contribution in [0, 0.1) is 0 Å². The second-order valence-electron chi connectivity index (χ2n) is 7.91. The van der Waals surface area contributed by atoms with E-state index in [0.29, 0.717) is 11.5 Å². The molecule has 0 radical (unpaired) electrons. The number of amides is 1. The van der Waals surface area contributed by atoms with Gasteiger partial charge in [-0.1, -0.05) is 78.9 Å². The van der Waals surface area contributed by atoms with Gasteiger partial charge in [-0.2, -0.15) is 8.78 Å². The van der Waals surface area contributed by atoms with E-state index in [-0.39, 0.29) is 16.6 Å². The van der Waals surface area contributed by atoms with Gasteiger partial charge in [-0.25, -0.2) is 4.57 Å². The van der Waals surface area contributed by atoms with Crippen molar-refractivity contribution in [3.8, 4) is 17.2 Å². The molecule has 0 aliphatic heterocycles. The third-order valence-corrected chi connectivity index (χ3v) is 7.02. The molecule has 0 unspecified atom stereocenters. The van der Waals surface area contributed by atoms with E-state index in [2.05, 4.69) is 5.32 Å². The van der Waals surface area contributed by atoms with Crippen molar-refractivity contribution in [1.82, 2.24) is 5.32 Å². The first-order valence-corrected chi connectivity index (χ1v) is 12.9. The molecule has 0 heterocycles. The van der Waals surface area contributed by atoms with Crippen LogP contribution in [0.2, 0.25) is 0 Å². The number of carbonyl (C=O) groups is 1.